The zero-order chi connectivity index (χ0) is 13.7. The van der Waals surface area contributed by atoms with Gasteiger partial charge in [-0.3, -0.25) is 9.59 Å². The summed E-state index contributed by atoms with van der Waals surface area (Å²) in [5.74, 6) is -0.816. The number of hydrogen-bond acceptors (Lipinski definition) is 5. The quantitative estimate of drug-likeness (QED) is 0.746. The number of aryl methyl sites for hydroxylation is 1. The molecule has 0 saturated heterocycles. The topological polar surface area (TPSA) is 83.8 Å². The van der Waals surface area contributed by atoms with Crippen LogP contribution < -0.4 is 0 Å². The molecule has 0 fully saturated rings. The molecule has 0 bridgehead atoms. The van der Waals surface area contributed by atoms with Gasteiger partial charge >= 0.3 is 5.97 Å². The number of rotatable bonds is 5. The molecule has 98 valence electrons. The van der Waals surface area contributed by atoms with Crippen LogP contribution in [0.15, 0.2) is 12.1 Å². The van der Waals surface area contributed by atoms with E-state index in [2.05, 4.69) is 4.74 Å². The number of aromatic hydroxyl groups is 1. The van der Waals surface area contributed by atoms with Gasteiger partial charge in [0.1, 0.15) is 12.4 Å². The minimum Gasteiger partial charge on any atom is -0.508 e. The highest BCUT2D eigenvalue weighted by Gasteiger charge is 2.12. The second-order valence-electron chi connectivity index (χ2n) is 4.03. The lowest BCUT2D eigenvalue weighted by Crippen LogP contribution is -2.09. The Bertz CT molecular complexity index is 421. The van der Waals surface area contributed by atoms with Gasteiger partial charge in [0.05, 0.1) is 13.5 Å². The Morgan fingerprint density at radius 3 is 2.44 bits per heavy atom. The molecule has 1 aromatic rings. The highest BCUT2D eigenvalue weighted by atomic mass is 16.5. The molecule has 0 unspecified atom stereocenters. The first kappa shape index (κ1) is 14.2. The highest BCUT2D eigenvalue weighted by molar-refractivity contribution is 5.82. The lowest BCUT2D eigenvalue weighted by atomic mass is 9.99. The van der Waals surface area contributed by atoms with Crippen molar-refractivity contribution in [2.75, 3.05) is 13.7 Å². The summed E-state index contributed by atoms with van der Waals surface area (Å²) in [6, 6.07) is 3.09. The maximum Gasteiger partial charge on any atom is 0.309 e. The average Bonchev–Trinajstić information content (AvgIpc) is 2.34. The number of aliphatic hydroxyl groups excluding tert-OH is 1. The Morgan fingerprint density at radius 1 is 1.22 bits per heavy atom. The molecular formula is C13H16O5. The van der Waals surface area contributed by atoms with Crippen LogP contribution in [0.1, 0.15) is 16.7 Å². The van der Waals surface area contributed by atoms with Crippen LogP contribution in [-0.2, 0) is 27.2 Å². The Kier molecular flexibility index (Phi) is 4.85. The van der Waals surface area contributed by atoms with E-state index >= 15 is 0 Å². The van der Waals surface area contributed by atoms with Crippen LogP contribution >= 0.6 is 0 Å². The van der Waals surface area contributed by atoms with Gasteiger partial charge in [0.25, 0.3) is 0 Å². The summed E-state index contributed by atoms with van der Waals surface area (Å²) in [6.45, 7) is 1.23. The van der Waals surface area contributed by atoms with Gasteiger partial charge in [-0.15, -0.1) is 0 Å². The highest BCUT2D eigenvalue weighted by Crippen LogP contribution is 2.23. The molecule has 5 heteroatoms. The van der Waals surface area contributed by atoms with Crippen molar-refractivity contribution in [1.82, 2.24) is 0 Å². The van der Waals surface area contributed by atoms with Crippen molar-refractivity contribution in [2.24, 2.45) is 0 Å². The van der Waals surface area contributed by atoms with Gasteiger partial charge in [-0.1, -0.05) is 6.07 Å². The van der Waals surface area contributed by atoms with Gasteiger partial charge in [0.2, 0.25) is 0 Å². The van der Waals surface area contributed by atoms with Gasteiger partial charge in [0.15, 0.2) is 5.78 Å². The number of Topliss-reactive ketones (excluding diaryl/α,β-unsaturated/α-hetero) is 1. The molecule has 0 aliphatic rings. The van der Waals surface area contributed by atoms with E-state index in [9.17, 15) is 14.7 Å². The van der Waals surface area contributed by atoms with Crippen molar-refractivity contribution >= 4 is 11.8 Å². The average molecular weight is 252 g/mol. The van der Waals surface area contributed by atoms with Crippen molar-refractivity contribution in [1.29, 1.82) is 0 Å². The summed E-state index contributed by atoms with van der Waals surface area (Å²) < 4.78 is 4.55. The molecule has 0 heterocycles. The number of carbonyl (C=O) groups is 2. The lowest BCUT2D eigenvalue weighted by Gasteiger charge is -2.09. The number of benzene rings is 1. The number of carbonyl (C=O) groups excluding carboxylic acids is 2. The molecule has 18 heavy (non-hydrogen) atoms. The summed E-state index contributed by atoms with van der Waals surface area (Å²) in [4.78, 5) is 22.3. The smallest absolute Gasteiger partial charge is 0.309 e. The third kappa shape index (κ3) is 3.56. The molecule has 0 atom stereocenters. The molecular weight excluding hydrogens is 236 g/mol. The fourth-order valence-electron chi connectivity index (χ4n) is 1.63. The van der Waals surface area contributed by atoms with E-state index < -0.39 is 12.6 Å². The van der Waals surface area contributed by atoms with E-state index in [-0.39, 0.29) is 24.4 Å². The van der Waals surface area contributed by atoms with Crippen LogP contribution in [0.3, 0.4) is 0 Å². The Hall–Kier alpha value is -1.88. The predicted octanol–water partition coefficient (Wildman–Crippen LogP) is 0.520. The Labute approximate surface area is 105 Å². The number of esters is 1. The predicted molar refractivity (Wildman–Crippen MR) is 64.4 cm³/mol. The van der Waals surface area contributed by atoms with E-state index in [4.69, 9.17) is 5.11 Å². The van der Waals surface area contributed by atoms with Crippen molar-refractivity contribution in [3.05, 3.63) is 28.8 Å². The fourth-order valence-corrected chi connectivity index (χ4v) is 1.63. The third-order valence-electron chi connectivity index (χ3n) is 2.66. The summed E-state index contributed by atoms with van der Waals surface area (Å²) in [5, 5.41) is 18.4. The van der Waals surface area contributed by atoms with Gasteiger partial charge in [-0.2, -0.15) is 0 Å². The van der Waals surface area contributed by atoms with Crippen molar-refractivity contribution in [3.8, 4) is 5.75 Å². The van der Waals surface area contributed by atoms with Gasteiger partial charge in [-0.25, -0.2) is 0 Å². The standard InChI is InChI=1S/C13H16O5/c1-8-3-10(4-11(15)7-14)12(16)5-9(8)6-13(17)18-2/h3,5,14,16H,4,6-7H2,1-2H3. The molecule has 0 amide bonds. The maximum absolute atomic E-state index is 11.2. The van der Waals surface area contributed by atoms with Crippen LogP contribution in [0, 0.1) is 6.92 Å². The van der Waals surface area contributed by atoms with E-state index in [0.717, 1.165) is 5.56 Å². The van der Waals surface area contributed by atoms with Crippen LogP contribution in [0.4, 0.5) is 0 Å². The molecule has 1 aromatic carbocycles. The van der Waals surface area contributed by atoms with E-state index in [1.807, 2.05) is 0 Å². The van der Waals surface area contributed by atoms with Crippen LogP contribution in [-0.4, -0.2) is 35.7 Å². The molecule has 0 saturated carbocycles. The molecule has 5 nitrogen and oxygen atoms in total. The van der Waals surface area contributed by atoms with Crippen molar-refractivity contribution in [2.45, 2.75) is 19.8 Å². The lowest BCUT2D eigenvalue weighted by molar-refractivity contribution is -0.139. The minimum absolute atomic E-state index is 0.0261. The van der Waals surface area contributed by atoms with Gasteiger partial charge in [-0.05, 0) is 24.1 Å². The number of phenolic OH excluding ortho intramolecular Hbond substituents is 1. The number of hydrogen-bond donors (Lipinski definition) is 2. The molecule has 0 aliphatic heterocycles. The number of methoxy groups -OCH3 is 1. The SMILES string of the molecule is COC(=O)Cc1cc(O)c(CC(=O)CO)cc1C. The molecule has 0 aliphatic carbocycles. The number of aliphatic hydroxyl groups is 1. The van der Waals surface area contributed by atoms with E-state index in [1.54, 1.807) is 13.0 Å². The first-order valence-corrected chi connectivity index (χ1v) is 5.48. The number of phenols is 1. The third-order valence-corrected chi connectivity index (χ3v) is 2.66. The largest absolute Gasteiger partial charge is 0.508 e. The second-order valence-corrected chi connectivity index (χ2v) is 4.03. The second kappa shape index (κ2) is 6.16. The molecule has 1 rings (SSSR count). The monoisotopic (exact) mass is 252 g/mol. The zero-order valence-electron chi connectivity index (χ0n) is 10.4. The Morgan fingerprint density at radius 2 is 1.89 bits per heavy atom. The first-order chi connectivity index (χ1) is 8.47. The maximum atomic E-state index is 11.2. The van der Waals surface area contributed by atoms with Crippen molar-refractivity contribution < 1.29 is 24.5 Å². The summed E-state index contributed by atoms with van der Waals surface area (Å²) >= 11 is 0. The van der Waals surface area contributed by atoms with E-state index in [0.29, 0.717) is 11.1 Å². The van der Waals surface area contributed by atoms with Gasteiger partial charge in [0, 0.05) is 12.0 Å². The summed E-state index contributed by atoms with van der Waals surface area (Å²) in [5.41, 5.74) is 1.89. The van der Waals surface area contributed by atoms with E-state index in [1.165, 1.54) is 13.2 Å². The first-order valence-electron chi connectivity index (χ1n) is 5.48. The van der Waals surface area contributed by atoms with Crippen LogP contribution in [0.25, 0.3) is 0 Å². The van der Waals surface area contributed by atoms with Crippen LogP contribution in [0.2, 0.25) is 0 Å². The molecule has 2 N–H and O–H groups in total. The van der Waals surface area contributed by atoms with Crippen LogP contribution in [0.5, 0.6) is 5.75 Å². The molecule has 0 aromatic heterocycles. The number of ether oxygens (including phenoxy) is 1. The summed E-state index contributed by atoms with van der Waals surface area (Å²) in [6.07, 6.45) is 0.0474. The molecule has 0 radical (unpaired) electrons. The minimum atomic E-state index is -0.553. The number of ketones is 1. The molecule has 0 spiro atoms. The fraction of sp³-hybridized carbons (Fsp3) is 0.385. The van der Waals surface area contributed by atoms with Crippen molar-refractivity contribution in [3.63, 3.8) is 0 Å². The van der Waals surface area contributed by atoms with Gasteiger partial charge < -0.3 is 14.9 Å². The normalized spacial score (nSPS) is 10.2. The Balaban J connectivity index is 2.96. The zero-order valence-corrected chi connectivity index (χ0v) is 10.4. The summed E-state index contributed by atoms with van der Waals surface area (Å²) in [7, 11) is 1.30.